The number of piperidine rings is 1. The minimum atomic E-state index is -3.29. The van der Waals surface area contributed by atoms with Crippen LogP contribution in [0.2, 0.25) is 0 Å². The first kappa shape index (κ1) is 20.4. The highest BCUT2D eigenvalue weighted by molar-refractivity contribution is 7.88. The average Bonchev–Trinajstić information content (AvgIpc) is 3.07. The van der Waals surface area contributed by atoms with Crippen LogP contribution in [0.1, 0.15) is 55.3 Å². The van der Waals surface area contributed by atoms with Gasteiger partial charge in [-0.1, -0.05) is 19.0 Å². The van der Waals surface area contributed by atoms with Crippen LogP contribution in [0.4, 0.5) is 0 Å². The molecule has 2 rings (SSSR count). The van der Waals surface area contributed by atoms with Crippen LogP contribution in [-0.4, -0.2) is 71.7 Å². The number of carboxylic acid groups (broad SMARTS) is 1. The molecule has 9 nitrogen and oxygen atoms in total. The molecule has 1 aliphatic heterocycles. The number of rotatable bonds is 7. The van der Waals surface area contributed by atoms with E-state index in [0.717, 1.165) is 12.7 Å². The summed E-state index contributed by atoms with van der Waals surface area (Å²) in [4.78, 5) is 25.2. The van der Waals surface area contributed by atoms with Crippen molar-refractivity contribution in [3.63, 3.8) is 0 Å². The number of amides is 1. The third kappa shape index (κ3) is 4.82. The molecule has 1 aliphatic rings. The molecule has 0 spiro atoms. The summed E-state index contributed by atoms with van der Waals surface area (Å²) in [6.45, 7) is 3.99. The Kier molecular flexibility index (Phi) is 6.40. The highest BCUT2D eigenvalue weighted by Crippen LogP contribution is 2.23. The summed E-state index contributed by atoms with van der Waals surface area (Å²) in [5.41, 5.74) is 0.651. The van der Waals surface area contributed by atoms with Crippen molar-refractivity contribution in [1.82, 2.24) is 14.4 Å². The van der Waals surface area contributed by atoms with Gasteiger partial charge in [0.15, 0.2) is 0 Å². The molecular formula is C16H25N3O6S. The zero-order valence-electron chi connectivity index (χ0n) is 15.2. The van der Waals surface area contributed by atoms with Crippen LogP contribution in [0.25, 0.3) is 0 Å². The smallest absolute Gasteiger partial charge is 0.323 e. The molecule has 1 N–H and O–H groups in total. The van der Waals surface area contributed by atoms with E-state index in [-0.39, 0.29) is 30.8 Å². The Bertz CT molecular complexity index is 752. The third-order valence-corrected chi connectivity index (χ3v) is 6.06. The fraction of sp³-hybridized carbons (Fsp3) is 0.688. The second-order valence-corrected chi connectivity index (χ2v) is 8.63. The van der Waals surface area contributed by atoms with E-state index in [1.807, 2.05) is 13.8 Å². The van der Waals surface area contributed by atoms with E-state index in [4.69, 9.17) is 4.52 Å². The zero-order chi connectivity index (χ0) is 19.5. The Labute approximate surface area is 153 Å². The van der Waals surface area contributed by atoms with Gasteiger partial charge < -0.3 is 14.5 Å². The van der Waals surface area contributed by atoms with E-state index in [1.54, 1.807) is 6.07 Å². The van der Waals surface area contributed by atoms with Gasteiger partial charge in [-0.15, -0.1) is 0 Å². The first-order valence-electron chi connectivity index (χ1n) is 8.58. The monoisotopic (exact) mass is 387 g/mol. The lowest BCUT2D eigenvalue weighted by Gasteiger charge is -2.36. The molecule has 1 atom stereocenters. The summed E-state index contributed by atoms with van der Waals surface area (Å²) in [7, 11) is -3.29. The topological polar surface area (TPSA) is 121 Å². The van der Waals surface area contributed by atoms with Gasteiger partial charge in [-0.05, 0) is 19.3 Å². The summed E-state index contributed by atoms with van der Waals surface area (Å²) < 4.78 is 29.7. The molecule has 0 bridgehead atoms. The van der Waals surface area contributed by atoms with Crippen molar-refractivity contribution in [2.45, 2.75) is 45.1 Å². The van der Waals surface area contributed by atoms with Gasteiger partial charge in [0.05, 0.1) is 11.9 Å². The van der Waals surface area contributed by atoms with Gasteiger partial charge in [-0.25, -0.2) is 12.7 Å². The van der Waals surface area contributed by atoms with E-state index >= 15 is 0 Å². The third-order valence-electron chi connectivity index (χ3n) is 4.76. The van der Waals surface area contributed by atoms with Crippen LogP contribution >= 0.6 is 0 Å². The number of nitrogens with zero attached hydrogens (tertiary/aromatic N) is 3. The maximum absolute atomic E-state index is 12.8. The Morgan fingerprint density at radius 2 is 2.04 bits per heavy atom. The largest absolute Gasteiger partial charge is 0.480 e. The summed E-state index contributed by atoms with van der Waals surface area (Å²) in [6, 6.07) is 1.19. The van der Waals surface area contributed by atoms with Crippen LogP contribution in [0.5, 0.6) is 0 Å². The standard InChI is InChI=1S/C16H25N3O6S/c1-4-11(2)13-9-14(25-17-13)16(22)19(10-15(20)21)12-5-7-18(8-6-12)26(3,23)24/h9,11-12H,4-8,10H2,1-3H3,(H,20,21)/t11-/m0/s1. The Morgan fingerprint density at radius 3 is 2.54 bits per heavy atom. The normalized spacial score (nSPS) is 17.8. The Morgan fingerprint density at radius 1 is 1.42 bits per heavy atom. The van der Waals surface area contributed by atoms with Crippen molar-refractivity contribution in [1.29, 1.82) is 0 Å². The summed E-state index contributed by atoms with van der Waals surface area (Å²) in [5.74, 6) is -1.53. The maximum atomic E-state index is 12.8. The first-order chi connectivity index (χ1) is 12.1. The molecule has 1 fully saturated rings. The van der Waals surface area contributed by atoms with Crippen molar-refractivity contribution in [2.24, 2.45) is 0 Å². The minimum absolute atomic E-state index is 0.00657. The van der Waals surface area contributed by atoms with Crippen molar-refractivity contribution >= 4 is 21.9 Å². The van der Waals surface area contributed by atoms with Gasteiger partial charge >= 0.3 is 5.97 Å². The molecule has 1 saturated heterocycles. The van der Waals surface area contributed by atoms with E-state index in [1.165, 1.54) is 9.21 Å². The molecular weight excluding hydrogens is 362 g/mol. The number of aliphatic carboxylic acids is 1. The van der Waals surface area contributed by atoms with Crippen molar-refractivity contribution in [3.8, 4) is 0 Å². The molecule has 10 heteroatoms. The van der Waals surface area contributed by atoms with Gasteiger partial charge in [0.25, 0.3) is 5.91 Å². The summed E-state index contributed by atoms with van der Waals surface area (Å²) >= 11 is 0. The molecule has 0 aromatic carbocycles. The molecule has 1 amide bonds. The van der Waals surface area contributed by atoms with Gasteiger partial charge in [0.2, 0.25) is 15.8 Å². The number of sulfonamides is 1. The molecule has 0 saturated carbocycles. The Balaban J connectivity index is 2.16. The number of carbonyl (C=O) groups excluding carboxylic acids is 1. The summed E-state index contributed by atoms with van der Waals surface area (Å²) in [6.07, 6.45) is 2.72. The molecule has 1 aromatic rings. The van der Waals surface area contributed by atoms with Gasteiger partial charge in [0, 0.05) is 31.1 Å². The summed E-state index contributed by atoms with van der Waals surface area (Å²) in [5, 5.41) is 13.1. The number of hydrogen-bond donors (Lipinski definition) is 1. The second-order valence-electron chi connectivity index (χ2n) is 6.65. The van der Waals surface area contributed by atoms with Gasteiger partial charge in [-0.2, -0.15) is 0 Å². The molecule has 0 aliphatic carbocycles. The Hall–Kier alpha value is -1.94. The minimum Gasteiger partial charge on any atom is -0.480 e. The zero-order valence-corrected chi connectivity index (χ0v) is 16.0. The molecule has 2 heterocycles. The molecule has 0 unspecified atom stereocenters. The fourth-order valence-corrected chi connectivity index (χ4v) is 3.84. The number of carbonyl (C=O) groups is 2. The van der Waals surface area contributed by atoms with Crippen molar-refractivity contribution in [2.75, 3.05) is 25.9 Å². The highest BCUT2D eigenvalue weighted by Gasteiger charge is 2.34. The predicted octanol–water partition coefficient (Wildman–Crippen LogP) is 1.14. The van der Waals surface area contributed by atoms with Crippen LogP contribution in [0.15, 0.2) is 10.6 Å². The lowest BCUT2D eigenvalue weighted by molar-refractivity contribution is -0.138. The van der Waals surface area contributed by atoms with E-state index in [2.05, 4.69) is 5.16 Å². The number of carboxylic acids is 1. The molecule has 146 valence electrons. The number of hydrogen-bond acceptors (Lipinski definition) is 6. The fourth-order valence-electron chi connectivity index (χ4n) is 2.97. The van der Waals surface area contributed by atoms with E-state index < -0.39 is 28.4 Å². The maximum Gasteiger partial charge on any atom is 0.323 e. The molecule has 1 aromatic heterocycles. The second kappa shape index (κ2) is 8.17. The average molecular weight is 387 g/mol. The molecule has 0 radical (unpaired) electrons. The lowest BCUT2D eigenvalue weighted by atomic mass is 10.0. The van der Waals surface area contributed by atoms with Crippen LogP contribution in [0, 0.1) is 0 Å². The van der Waals surface area contributed by atoms with Gasteiger partial charge in [0.1, 0.15) is 6.54 Å². The van der Waals surface area contributed by atoms with Crippen LogP contribution in [-0.2, 0) is 14.8 Å². The van der Waals surface area contributed by atoms with E-state index in [0.29, 0.717) is 18.5 Å². The molecule has 26 heavy (non-hydrogen) atoms. The number of aromatic nitrogens is 1. The predicted molar refractivity (Wildman–Crippen MR) is 93.3 cm³/mol. The lowest BCUT2D eigenvalue weighted by Crippen LogP contribution is -2.50. The van der Waals surface area contributed by atoms with Crippen LogP contribution < -0.4 is 0 Å². The van der Waals surface area contributed by atoms with Crippen LogP contribution in [0.3, 0.4) is 0 Å². The van der Waals surface area contributed by atoms with E-state index in [9.17, 15) is 23.1 Å². The van der Waals surface area contributed by atoms with Gasteiger partial charge in [-0.3, -0.25) is 9.59 Å². The first-order valence-corrected chi connectivity index (χ1v) is 10.4. The van der Waals surface area contributed by atoms with Crippen molar-refractivity contribution in [3.05, 3.63) is 17.5 Å². The van der Waals surface area contributed by atoms with Crippen molar-refractivity contribution < 1.29 is 27.6 Å². The quantitative estimate of drug-likeness (QED) is 0.744. The SMILES string of the molecule is CC[C@H](C)c1cc(C(=O)N(CC(=O)O)C2CCN(S(C)(=O)=O)CC2)on1. The highest BCUT2D eigenvalue weighted by atomic mass is 32.2.